The average molecular weight is 151 g/mol. The van der Waals surface area contributed by atoms with Crippen LogP contribution in [0.3, 0.4) is 0 Å². The fourth-order valence-electron chi connectivity index (χ4n) is 1.78. The summed E-state index contributed by atoms with van der Waals surface area (Å²) in [4.78, 5) is 22.1. The SMILES string of the molecule is C[C@H]1CCC2=C1C(=O)NC2=O. The van der Waals surface area contributed by atoms with E-state index in [1.54, 1.807) is 0 Å². The Kier molecular flexibility index (Phi) is 1.16. The van der Waals surface area contributed by atoms with Crippen LogP contribution in [0.25, 0.3) is 0 Å². The number of rotatable bonds is 0. The van der Waals surface area contributed by atoms with E-state index in [0.29, 0.717) is 0 Å². The van der Waals surface area contributed by atoms with Crippen LogP contribution in [0.5, 0.6) is 0 Å². The molecule has 1 N–H and O–H groups in total. The summed E-state index contributed by atoms with van der Waals surface area (Å²) in [5, 5.41) is 2.30. The Balaban J connectivity index is 2.46. The van der Waals surface area contributed by atoms with Crippen molar-refractivity contribution in [2.45, 2.75) is 19.8 Å². The zero-order valence-corrected chi connectivity index (χ0v) is 6.31. The topological polar surface area (TPSA) is 46.2 Å². The van der Waals surface area contributed by atoms with E-state index in [1.165, 1.54) is 0 Å². The van der Waals surface area contributed by atoms with Gasteiger partial charge >= 0.3 is 0 Å². The van der Waals surface area contributed by atoms with Crippen LogP contribution in [0, 0.1) is 5.92 Å². The largest absolute Gasteiger partial charge is 0.289 e. The van der Waals surface area contributed by atoms with Crippen LogP contribution in [-0.2, 0) is 9.59 Å². The molecule has 1 atom stereocenters. The van der Waals surface area contributed by atoms with Gasteiger partial charge < -0.3 is 0 Å². The van der Waals surface area contributed by atoms with Crippen molar-refractivity contribution in [1.82, 2.24) is 5.32 Å². The van der Waals surface area contributed by atoms with Gasteiger partial charge in [0.25, 0.3) is 11.8 Å². The molecular weight excluding hydrogens is 142 g/mol. The molecule has 0 radical (unpaired) electrons. The summed E-state index contributed by atoms with van der Waals surface area (Å²) in [5.74, 6) is -0.0687. The molecule has 3 heteroatoms. The monoisotopic (exact) mass is 151 g/mol. The molecule has 0 aromatic heterocycles. The molecule has 1 heterocycles. The Morgan fingerprint density at radius 1 is 1.36 bits per heavy atom. The fraction of sp³-hybridized carbons (Fsp3) is 0.500. The molecule has 0 fully saturated rings. The first-order valence-electron chi connectivity index (χ1n) is 3.79. The van der Waals surface area contributed by atoms with Gasteiger partial charge in [-0.25, -0.2) is 0 Å². The normalized spacial score (nSPS) is 29.4. The molecule has 0 saturated carbocycles. The Morgan fingerprint density at radius 3 is 2.73 bits per heavy atom. The van der Waals surface area contributed by atoms with Crippen molar-refractivity contribution >= 4 is 11.8 Å². The highest BCUT2D eigenvalue weighted by Crippen LogP contribution is 2.34. The second kappa shape index (κ2) is 1.94. The summed E-state index contributed by atoms with van der Waals surface area (Å²) in [6.45, 7) is 1.99. The Morgan fingerprint density at radius 2 is 2.09 bits per heavy atom. The van der Waals surface area contributed by atoms with E-state index >= 15 is 0 Å². The van der Waals surface area contributed by atoms with Gasteiger partial charge in [-0.3, -0.25) is 14.9 Å². The molecule has 1 aliphatic carbocycles. The van der Waals surface area contributed by atoms with Gasteiger partial charge in [0.05, 0.1) is 0 Å². The zero-order valence-electron chi connectivity index (χ0n) is 6.31. The summed E-state index contributed by atoms with van der Waals surface area (Å²) >= 11 is 0. The molecule has 2 amide bonds. The van der Waals surface area contributed by atoms with E-state index in [9.17, 15) is 9.59 Å². The lowest BCUT2D eigenvalue weighted by atomic mass is 10.0. The van der Waals surface area contributed by atoms with Crippen LogP contribution in [0.15, 0.2) is 11.1 Å². The highest BCUT2D eigenvalue weighted by atomic mass is 16.2. The molecule has 2 rings (SSSR count). The fourth-order valence-corrected chi connectivity index (χ4v) is 1.78. The average Bonchev–Trinajstić information content (AvgIpc) is 2.41. The molecule has 0 bridgehead atoms. The predicted octanol–water partition coefficient (Wildman–Crippen LogP) is 0.369. The molecule has 58 valence electrons. The number of imide groups is 1. The maximum Gasteiger partial charge on any atom is 0.254 e. The summed E-state index contributed by atoms with van der Waals surface area (Å²) in [5.41, 5.74) is 1.46. The first kappa shape index (κ1) is 6.58. The standard InChI is InChI=1S/C8H9NO2/c1-4-2-3-5-6(4)8(11)9-7(5)10/h4H,2-3H2,1H3,(H,9,10,11)/t4-/m0/s1. The van der Waals surface area contributed by atoms with Gasteiger partial charge in [-0.1, -0.05) is 6.92 Å². The van der Waals surface area contributed by atoms with Crippen molar-refractivity contribution in [2.24, 2.45) is 5.92 Å². The molecule has 1 aliphatic heterocycles. The summed E-state index contributed by atoms with van der Waals surface area (Å²) < 4.78 is 0. The second-order valence-corrected chi connectivity index (χ2v) is 3.12. The molecule has 11 heavy (non-hydrogen) atoms. The smallest absolute Gasteiger partial charge is 0.254 e. The van der Waals surface area contributed by atoms with E-state index in [0.717, 1.165) is 24.0 Å². The Hall–Kier alpha value is -1.12. The van der Waals surface area contributed by atoms with Crippen molar-refractivity contribution in [3.8, 4) is 0 Å². The first-order valence-corrected chi connectivity index (χ1v) is 3.79. The molecule has 0 saturated heterocycles. The van der Waals surface area contributed by atoms with Crippen LogP contribution in [0.1, 0.15) is 19.8 Å². The molecule has 0 unspecified atom stereocenters. The molecule has 2 aliphatic rings. The Bertz CT molecular complexity index is 278. The number of hydrogen-bond acceptors (Lipinski definition) is 2. The lowest BCUT2D eigenvalue weighted by Gasteiger charge is -2.02. The summed E-state index contributed by atoms with van der Waals surface area (Å²) in [6.07, 6.45) is 1.72. The minimum Gasteiger partial charge on any atom is -0.289 e. The number of carbonyl (C=O) groups is 2. The van der Waals surface area contributed by atoms with Crippen molar-refractivity contribution in [2.75, 3.05) is 0 Å². The van der Waals surface area contributed by atoms with E-state index in [2.05, 4.69) is 5.32 Å². The van der Waals surface area contributed by atoms with E-state index < -0.39 is 0 Å². The molecule has 0 aromatic carbocycles. The molecular formula is C8H9NO2. The highest BCUT2D eigenvalue weighted by Gasteiger charge is 2.37. The minimum atomic E-state index is -0.172. The van der Waals surface area contributed by atoms with E-state index in [1.807, 2.05) is 6.92 Å². The predicted molar refractivity (Wildman–Crippen MR) is 38.6 cm³/mol. The van der Waals surface area contributed by atoms with Gasteiger partial charge in [0.15, 0.2) is 0 Å². The van der Waals surface area contributed by atoms with Gasteiger partial charge in [0, 0.05) is 11.1 Å². The van der Waals surface area contributed by atoms with Crippen molar-refractivity contribution < 1.29 is 9.59 Å². The number of hydrogen-bond donors (Lipinski definition) is 1. The van der Waals surface area contributed by atoms with Crippen LogP contribution < -0.4 is 5.32 Å². The maximum absolute atomic E-state index is 11.1. The van der Waals surface area contributed by atoms with Gasteiger partial charge in [-0.15, -0.1) is 0 Å². The van der Waals surface area contributed by atoms with Gasteiger partial charge in [-0.05, 0) is 18.8 Å². The lowest BCUT2D eigenvalue weighted by Crippen LogP contribution is -2.25. The Labute approximate surface area is 64.5 Å². The van der Waals surface area contributed by atoms with Crippen LogP contribution in [-0.4, -0.2) is 11.8 Å². The third-order valence-corrected chi connectivity index (χ3v) is 2.39. The van der Waals surface area contributed by atoms with Gasteiger partial charge in [0.2, 0.25) is 0 Å². The highest BCUT2D eigenvalue weighted by molar-refractivity contribution is 6.20. The summed E-state index contributed by atoms with van der Waals surface area (Å²) in [6, 6.07) is 0. The third-order valence-electron chi connectivity index (χ3n) is 2.39. The van der Waals surface area contributed by atoms with Crippen molar-refractivity contribution in [1.29, 1.82) is 0 Å². The van der Waals surface area contributed by atoms with Crippen molar-refractivity contribution in [3.63, 3.8) is 0 Å². The third kappa shape index (κ3) is 0.737. The van der Waals surface area contributed by atoms with E-state index in [4.69, 9.17) is 0 Å². The van der Waals surface area contributed by atoms with Crippen molar-refractivity contribution in [3.05, 3.63) is 11.1 Å². The van der Waals surface area contributed by atoms with Crippen LogP contribution >= 0.6 is 0 Å². The lowest BCUT2D eigenvalue weighted by molar-refractivity contribution is -0.124. The molecule has 3 nitrogen and oxygen atoms in total. The minimum absolute atomic E-state index is 0.171. The molecule has 0 spiro atoms. The van der Waals surface area contributed by atoms with E-state index in [-0.39, 0.29) is 17.7 Å². The van der Waals surface area contributed by atoms with Gasteiger partial charge in [0.1, 0.15) is 0 Å². The zero-order chi connectivity index (χ0) is 8.01. The number of carbonyl (C=O) groups excluding carboxylic acids is 2. The molecule has 0 aromatic rings. The van der Waals surface area contributed by atoms with Crippen LogP contribution in [0.4, 0.5) is 0 Å². The van der Waals surface area contributed by atoms with Gasteiger partial charge in [-0.2, -0.15) is 0 Å². The maximum atomic E-state index is 11.1. The quantitative estimate of drug-likeness (QED) is 0.508. The first-order chi connectivity index (χ1) is 5.20. The van der Waals surface area contributed by atoms with Crippen LogP contribution in [0.2, 0.25) is 0 Å². The number of nitrogens with one attached hydrogen (secondary N) is 1. The second-order valence-electron chi connectivity index (χ2n) is 3.12. The summed E-state index contributed by atoms with van der Waals surface area (Å²) in [7, 11) is 0. The number of amides is 2.